The predicted molar refractivity (Wildman–Crippen MR) is 63.5 cm³/mol. The molecular weight excluding hydrogens is 278 g/mol. The van der Waals surface area contributed by atoms with Gasteiger partial charge in [0.25, 0.3) is 0 Å². The molecule has 2 aromatic rings. The molecule has 1 aromatic carbocycles. The van der Waals surface area contributed by atoms with Crippen LogP contribution in [-0.4, -0.2) is 14.8 Å². The summed E-state index contributed by atoms with van der Waals surface area (Å²) in [7, 11) is 0. The molecule has 1 aromatic heterocycles. The highest BCUT2D eigenvalue weighted by molar-refractivity contribution is 9.10. The Hall–Kier alpha value is -1.14. The molecule has 0 aliphatic carbocycles. The summed E-state index contributed by atoms with van der Waals surface area (Å²) in [4.78, 5) is 11.3. The van der Waals surface area contributed by atoms with Crippen molar-refractivity contribution in [3.63, 3.8) is 0 Å². The monoisotopic (exact) mass is 285 g/mol. The second-order valence-electron chi connectivity index (χ2n) is 3.07. The zero-order valence-corrected chi connectivity index (χ0v) is 10.1. The van der Waals surface area contributed by atoms with Gasteiger partial charge in [0.2, 0.25) is 0 Å². The molecule has 0 fully saturated rings. The van der Waals surface area contributed by atoms with E-state index in [2.05, 4.69) is 26.1 Å². The maximum absolute atomic E-state index is 11.3. The summed E-state index contributed by atoms with van der Waals surface area (Å²) in [6.45, 7) is 0.477. The minimum atomic E-state index is -0.220. The summed E-state index contributed by atoms with van der Waals surface area (Å²) < 4.78 is 2.89. The summed E-state index contributed by atoms with van der Waals surface area (Å²) in [5.74, 6) is 0. The van der Waals surface area contributed by atoms with Gasteiger partial charge in [0.15, 0.2) is 4.77 Å². The van der Waals surface area contributed by atoms with Crippen molar-refractivity contribution in [3.8, 4) is 0 Å². The van der Waals surface area contributed by atoms with Gasteiger partial charge in [0.1, 0.15) is 0 Å². The number of aromatic nitrogens is 3. The van der Waals surface area contributed by atoms with E-state index in [0.29, 0.717) is 11.3 Å². The molecule has 0 aliphatic rings. The first-order valence-corrected chi connectivity index (χ1v) is 5.49. The predicted octanol–water partition coefficient (Wildman–Crippen LogP) is 2.04. The molecular formula is C9H8BrN3OS. The fourth-order valence-corrected chi connectivity index (χ4v) is 1.71. The van der Waals surface area contributed by atoms with Crippen LogP contribution in [0, 0.1) is 4.77 Å². The average Bonchev–Trinajstić information content (AvgIpc) is 2.53. The Kier molecular flexibility index (Phi) is 2.88. The Bertz CT molecular complexity index is 539. The van der Waals surface area contributed by atoms with Crippen molar-refractivity contribution in [2.24, 2.45) is 0 Å². The molecule has 0 aliphatic heterocycles. The van der Waals surface area contributed by atoms with E-state index in [1.807, 2.05) is 24.3 Å². The Balaban J connectivity index is 2.34. The quantitative estimate of drug-likeness (QED) is 0.830. The van der Waals surface area contributed by atoms with Gasteiger partial charge >= 0.3 is 5.69 Å². The zero-order chi connectivity index (χ0) is 10.8. The highest BCUT2D eigenvalue weighted by Crippen LogP contribution is 2.10. The highest BCUT2D eigenvalue weighted by Gasteiger charge is 2.00. The summed E-state index contributed by atoms with van der Waals surface area (Å²) in [6, 6.07) is 7.75. The molecule has 15 heavy (non-hydrogen) atoms. The van der Waals surface area contributed by atoms with E-state index in [-0.39, 0.29) is 5.69 Å². The number of hydrogen-bond acceptors (Lipinski definition) is 2. The molecule has 0 bridgehead atoms. The van der Waals surface area contributed by atoms with Crippen molar-refractivity contribution in [2.75, 3.05) is 0 Å². The minimum absolute atomic E-state index is 0.220. The molecule has 0 saturated carbocycles. The van der Waals surface area contributed by atoms with Crippen LogP contribution in [0.15, 0.2) is 33.5 Å². The van der Waals surface area contributed by atoms with Crippen molar-refractivity contribution in [1.82, 2.24) is 14.8 Å². The molecule has 0 atom stereocenters. The van der Waals surface area contributed by atoms with Gasteiger partial charge in [-0.15, -0.1) is 0 Å². The Morgan fingerprint density at radius 2 is 1.93 bits per heavy atom. The van der Waals surface area contributed by atoms with E-state index in [9.17, 15) is 4.79 Å². The second kappa shape index (κ2) is 4.16. The Morgan fingerprint density at radius 1 is 1.27 bits per heavy atom. The lowest BCUT2D eigenvalue weighted by Crippen LogP contribution is -2.17. The summed E-state index contributed by atoms with van der Waals surface area (Å²) in [5.41, 5.74) is 0.808. The van der Waals surface area contributed by atoms with Crippen molar-refractivity contribution in [2.45, 2.75) is 6.54 Å². The molecule has 0 amide bonds. The highest BCUT2D eigenvalue weighted by atomic mass is 79.9. The third-order valence-electron chi connectivity index (χ3n) is 2.02. The summed E-state index contributed by atoms with van der Waals surface area (Å²) in [6.07, 6.45) is 0. The van der Waals surface area contributed by atoms with Gasteiger partial charge in [0, 0.05) is 4.47 Å². The second-order valence-corrected chi connectivity index (χ2v) is 4.38. The first-order valence-electron chi connectivity index (χ1n) is 4.29. The number of hydrogen-bond donors (Lipinski definition) is 2. The van der Waals surface area contributed by atoms with Gasteiger partial charge in [-0.2, -0.15) is 0 Å². The molecule has 0 saturated heterocycles. The van der Waals surface area contributed by atoms with Crippen molar-refractivity contribution in [3.05, 3.63) is 49.6 Å². The van der Waals surface area contributed by atoms with E-state index in [0.717, 1.165) is 10.0 Å². The summed E-state index contributed by atoms with van der Waals surface area (Å²) >= 11 is 8.32. The smallest absolute Gasteiger partial charge is 0.272 e. The third kappa shape index (κ3) is 2.27. The molecule has 2 N–H and O–H groups in total. The standard InChI is InChI=1S/C9H8BrN3OS/c10-7-3-1-6(2-4-7)5-13-8(14)11-12-9(13)15/h1-4H,5H2,(H,11,14)(H,12,15). The van der Waals surface area contributed by atoms with Crippen LogP contribution in [0.1, 0.15) is 5.56 Å². The molecule has 6 heteroatoms. The summed E-state index contributed by atoms with van der Waals surface area (Å²) in [5, 5.41) is 5.04. The van der Waals surface area contributed by atoms with Crippen LogP contribution in [0.5, 0.6) is 0 Å². The number of rotatable bonds is 2. The van der Waals surface area contributed by atoms with E-state index in [4.69, 9.17) is 12.2 Å². The lowest BCUT2D eigenvalue weighted by molar-refractivity contribution is 0.751. The van der Waals surface area contributed by atoms with Crippen LogP contribution in [0.4, 0.5) is 0 Å². The van der Waals surface area contributed by atoms with E-state index >= 15 is 0 Å². The lowest BCUT2D eigenvalue weighted by Gasteiger charge is -2.00. The molecule has 78 valence electrons. The van der Waals surface area contributed by atoms with Crippen LogP contribution in [-0.2, 0) is 6.54 Å². The zero-order valence-electron chi connectivity index (χ0n) is 7.66. The molecule has 2 rings (SSSR count). The van der Waals surface area contributed by atoms with E-state index in [1.54, 1.807) is 0 Å². The van der Waals surface area contributed by atoms with Gasteiger partial charge in [-0.25, -0.2) is 9.89 Å². The lowest BCUT2D eigenvalue weighted by atomic mass is 10.2. The number of nitrogens with zero attached hydrogens (tertiary/aromatic N) is 1. The number of H-pyrrole nitrogens is 2. The number of benzene rings is 1. The number of aromatic amines is 2. The Morgan fingerprint density at radius 3 is 2.47 bits per heavy atom. The third-order valence-corrected chi connectivity index (χ3v) is 2.87. The fourth-order valence-electron chi connectivity index (χ4n) is 1.25. The minimum Gasteiger partial charge on any atom is -0.272 e. The number of halogens is 1. The van der Waals surface area contributed by atoms with Crippen molar-refractivity contribution < 1.29 is 0 Å². The normalized spacial score (nSPS) is 10.5. The van der Waals surface area contributed by atoms with Gasteiger partial charge in [0.05, 0.1) is 6.54 Å². The van der Waals surface area contributed by atoms with Gasteiger partial charge in [-0.1, -0.05) is 28.1 Å². The molecule has 0 spiro atoms. The van der Waals surface area contributed by atoms with Crippen LogP contribution in [0.2, 0.25) is 0 Å². The maximum atomic E-state index is 11.3. The van der Waals surface area contributed by atoms with E-state index < -0.39 is 0 Å². The van der Waals surface area contributed by atoms with Crippen LogP contribution in [0.3, 0.4) is 0 Å². The van der Waals surface area contributed by atoms with E-state index in [1.165, 1.54) is 4.57 Å². The number of nitrogens with one attached hydrogen (secondary N) is 2. The first kappa shape index (κ1) is 10.4. The fraction of sp³-hybridized carbons (Fsp3) is 0.111. The van der Waals surface area contributed by atoms with Crippen LogP contribution >= 0.6 is 28.1 Å². The molecule has 1 heterocycles. The van der Waals surface area contributed by atoms with Crippen molar-refractivity contribution in [1.29, 1.82) is 0 Å². The van der Waals surface area contributed by atoms with Crippen molar-refractivity contribution >= 4 is 28.1 Å². The molecule has 0 radical (unpaired) electrons. The maximum Gasteiger partial charge on any atom is 0.342 e. The topological polar surface area (TPSA) is 53.6 Å². The largest absolute Gasteiger partial charge is 0.342 e. The average molecular weight is 286 g/mol. The molecule has 4 nitrogen and oxygen atoms in total. The molecule has 0 unspecified atom stereocenters. The van der Waals surface area contributed by atoms with Gasteiger partial charge in [-0.3, -0.25) is 9.67 Å². The SMILES string of the molecule is O=c1[nH][nH]c(=S)n1Cc1ccc(Br)cc1. The van der Waals surface area contributed by atoms with Crippen LogP contribution < -0.4 is 5.69 Å². The van der Waals surface area contributed by atoms with Crippen LogP contribution in [0.25, 0.3) is 0 Å². The van der Waals surface area contributed by atoms with Gasteiger partial charge in [-0.05, 0) is 29.9 Å². The Labute approximate surface area is 99.1 Å². The van der Waals surface area contributed by atoms with Gasteiger partial charge < -0.3 is 0 Å². The first-order chi connectivity index (χ1) is 7.16.